The van der Waals surface area contributed by atoms with Gasteiger partial charge in [0.1, 0.15) is 6.61 Å². The molecule has 0 amide bonds. The van der Waals surface area contributed by atoms with Crippen LogP contribution in [0.4, 0.5) is 0 Å². The van der Waals surface area contributed by atoms with E-state index < -0.39 is 0 Å². The Balaban J connectivity index is 2.33. The van der Waals surface area contributed by atoms with Crippen LogP contribution < -0.4 is 0 Å². The monoisotopic (exact) mass is 254 g/mol. The van der Waals surface area contributed by atoms with Crippen molar-refractivity contribution in [2.24, 2.45) is 0 Å². The molecule has 0 spiro atoms. The molecular formula is C13H22N2O3. The molecule has 5 nitrogen and oxygen atoms in total. The number of aromatic nitrogens is 2. The predicted molar refractivity (Wildman–Crippen MR) is 68.6 cm³/mol. The summed E-state index contributed by atoms with van der Waals surface area (Å²) in [6.45, 7) is 5.30. The van der Waals surface area contributed by atoms with Crippen molar-refractivity contribution < 1.29 is 14.3 Å². The van der Waals surface area contributed by atoms with Crippen molar-refractivity contribution in [3.05, 3.63) is 18.0 Å². The first-order valence-corrected chi connectivity index (χ1v) is 6.29. The van der Waals surface area contributed by atoms with Crippen LogP contribution >= 0.6 is 0 Å². The smallest absolute Gasteiger partial charge is 0.164 e. The van der Waals surface area contributed by atoms with E-state index in [9.17, 15) is 4.79 Å². The normalized spacial score (nSPS) is 12.6. The molecule has 0 fully saturated rings. The van der Waals surface area contributed by atoms with E-state index in [1.807, 2.05) is 16.9 Å². The molecule has 0 saturated heterocycles. The molecule has 1 aromatic rings. The number of carbonyl (C=O) groups is 1. The summed E-state index contributed by atoms with van der Waals surface area (Å²) >= 11 is 0. The first-order chi connectivity index (χ1) is 8.67. The molecule has 0 aliphatic carbocycles. The maximum atomic E-state index is 11.6. The van der Waals surface area contributed by atoms with E-state index in [2.05, 4.69) is 18.9 Å². The van der Waals surface area contributed by atoms with Gasteiger partial charge in [-0.25, -0.2) is 0 Å². The van der Waals surface area contributed by atoms with E-state index in [4.69, 9.17) is 9.47 Å². The fraction of sp³-hybridized carbons (Fsp3) is 0.692. The minimum atomic E-state index is 0.0421. The minimum Gasteiger partial charge on any atom is -0.382 e. The standard InChI is InChI=1S/C13H22N2O3/c1-4-11(2)15-6-5-12(14-15)9-13(16)10-18-8-7-17-3/h5-6,11H,4,7-10H2,1-3H3. The topological polar surface area (TPSA) is 53.4 Å². The fourth-order valence-electron chi connectivity index (χ4n) is 1.49. The van der Waals surface area contributed by atoms with Crippen molar-refractivity contribution in [3.8, 4) is 0 Å². The van der Waals surface area contributed by atoms with Crippen molar-refractivity contribution in [2.75, 3.05) is 26.9 Å². The molecule has 1 atom stereocenters. The van der Waals surface area contributed by atoms with Crippen molar-refractivity contribution in [1.29, 1.82) is 0 Å². The van der Waals surface area contributed by atoms with Crippen LogP contribution in [0, 0.1) is 0 Å². The number of ether oxygens (including phenoxy) is 2. The summed E-state index contributed by atoms with van der Waals surface area (Å²) in [6.07, 6.45) is 3.27. The highest BCUT2D eigenvalue weighted by atomic mass is 16.5. The zero-order valence-corrected chi connectivity index (χ0v) is 11.4. The molecular weight excluding hydrogens is 232 g/mol. The third-order valence-corrected chi connectivity index (χ3v) is 2.78. The molecule has 0 bridgehead atoms. The number of ketones is 1. The second kappa shape index (κ2) is 8.00. The number of methoxy groups -OCH3 is 1. The summed E-state index contributed by atoms with van der Waals surface area (Å²) in [7, 11) is 1.60. The lowest BCUT2D eigenvalue weighted by Crippen LogP contribution is -2.14. The van der Waals surface area contributed by atoms with Crippen molar-refractivity contribution in [3.63, 3.8) is 0 Å². The molecule has 1 rings (SSSR count). The molecule has 5 heteroatoms. The number of nitrogens with zero attached hydrogens (tertiary/aromatic N) is 2. The molecule has 0 saturated carbocycles. The molecule has 0 N–H and O–H groups in total. The lowest BCUT2D eigenvalue weighted by atomic mass is 10.2. The van der Waals surface area contributed by atoms with Crippen LogP contribution in [0.5, 0.6) is 0 Å². The van der Waals surface area contributed by atoms with Crippen molar-refractivity contribution >= 4 is 5.78 Å². The molecule has 0 aromatic carbocycles. The van der Waals surface area contributed by atoms with E-state index in [1.165, 1.54) is 0 Å². The van der Waals surface area contributed by atoms with Gasteiger partial charge in [-0.05, 0) is 19.4 Å². The summed E-state index contributed by atoms with van der Waals surface area (Å²) in [5, 5.41) is 4.38. The number of Topliss-reactive ketones (excluding diaryl/α,β-unsaturated/α-hetero) is 1. The zero-order chi connectivity index (χ0) is 13.4. The van der Waals surface area contributed by atoms with Gasteiger partial charge in [-0.2, -0.15) is 5.10 Å². The molecule has 0 aliphatic heterocycles. The lowest BCUT2D eigenvalue weighted by Gasteiger charge is -2.08. The largest absolute Gasteiger partial charge is 0.382 e. The van der Waals surface area contributed by atoms with Gasteiger partial charge in [0.15, 0.2) is 5.78 Å². The Morgan fingerprint density at radius 2 is 2.28 bits per heavy atom. The van der Waals surface area contributed by atoms with Gasteiger partial charge in [-0.3, -0.25) is 9.48 Å². The maximum absolute atomic E-state index is 11.6. The van der Waals surface area contributed by atoms with Gasteiger partial charge < -0.3 is 9.47 Å². The van der Waals surface area contributed by atoms with Gasteiger partial charge in [-0.1, -0.05) is 6.92 Å². The Hall–Kier alpha value is -1.20. The summed E-state index contributed by atoms with van der Waals surface area (Å²) in [6, 6.07) is 2.26. The van der Waals surface area contributed by atoms with Gasteiger partial charge in [0.05, 0.1) is 25.3 Å². The molecule has 0 aliphatic rings. The van der Waals surface area contributed by atoms with Gasteiger partial charge in [0.2, 0.25) is 0 Å². The van der Waals surface area contributed by atoms with Gasteiger partial charge >= 0.3 is 0 Å². The molecule has 0 radical (unpaired) electrons. The third-order valence-electron chi connectivity index (χ3n) is 2.78. The molecule has 1 heterocycles. The summed E-state index contributed by atoms with van der Waals surface area (Å²) < 4.78 is 11.9. The van der Waals surface area contributed by atoms with Crippen molar-refractivity contribution in [1.82, 2.24) is 9.78 Å². The number of carbonyl (C=O) groups excluding carboxylic acids is 1. The highest BCUT2D eigenvalue weighted by molar-refractivity contribution is 5.81. The first-order valence-electron chi connectivity index (χ1n) is 6.29. The molecule has 1 aromatic heterocycles. The van der Waals surface area contributed by atoms with Crippen LogP contribution in [0.2, 0.25) is 0 Å². The summed E-state index contributed by atoms with van der Waals surface area (Å²) in [4.78, 5) is 11.6. The van der Waals surface area contributed by atoms with Crippen LogP contribution in [0.3, 0.4) is 0 Å². The predicted octanol–water partition coefficient (Wildman–Crippen LogP) is 1.63. The molecule has 18 heavy (non-hydrogen) atoms. The van der Waals surface area contributed by atoms with E-state index >= 15 is 0 Å². The van der Waals surface area contributed by atoms with Crippen LogP contribution in [0.1, 0.15) is 32.0 Å². The van der Waals surface area contributed by atoms with E-state index in [-0.39, 0.29) is 12.4 Å². The SMILES string of the molecule is CCC(C)n1ccc(CC(=O)COCCOC)n1. The molecule has 1 unspecified atom stereocenters. The van der Waals surface area contributed by atoms with Gasteiger partial charge in [0.25, 0.3) is 0 Å². The highest BCUT2D eigenvalue weighted by Gasteiger charge is 2.09. The van der Waals surface area contributed by atoms with Crippen molar-refractivity contribution in [2.45, 2.75) is 32.7 Å². The van der Waals surface area contributed by atoms with E-state index in [0.717, 1.165) is 12.1 Å². The van der Waals surface area contributed by atoms with E-state index in [0.29, 0.717) is 25.7 Å². The second-order valence-corrected chi connectivity index (χ2v) is 4.31. The van der Waals surface area contributed by atoms with E-state index in [1.54, 1.807) is 7.11 Å². The second-order valence-electron chi connectivity index (χ2n) is 4.31. The quantitative estimate of drug-likeness (QED) is 0.628. The highest BCUT2D eigenvalue weighted by Crippen LogP contribution is 2.09. The summed E-state index contributed by atoms with van der Waals surface area (Å²) in [5.74, 6) is 0.0421. The number of hydrogen-bond acceptors (Lipinski definition) is 4. The molecule has 102 valence electrons. The lowest BCUT2D eigenvalue weighted by molar-refractivity contribution is -0.123. The Bertz CT molecular complexity index is 363. The van der Waals surface area contributed by atoms with Crippen LogP contribution in [0.15, 0.2) is 12.3 Å². The Morgan fingerprint density at radius 3 is 2.94 bits per heavy atom. The average molecular weight is 254 g/mol. The Morgan fingerprint density at radius 1 is 1.50 bits per heavy atom. The first kappa shape index (κ1) is 14.9. The Labute approximate surface area is 108 Å². The van der Waals surface area contributed by atoms with Crippen LogP contribution in [-0.2, 0) is 20.7 Å². The van der Waals surface area contributed by atoms with Crippen LogP contribution in [0.25, 0.3) is 0 Å². The fourth-order valence-corrected chi connectivity index (χ4v) is 1.49. The van der Waals surface area contributed by atoms with Crippen LogP contribution in [-0.4, -0.2) is 42.5 Å². The zero-order valence-electron chi connectivity index (χ0n) is 11.4. The maximum Gasteiger partial charge on any atom is 0.164 e. The average Bonchev–Trinajstić information content (AvgIpc) is 2.82. The third kappa shape index (κ3) is 4.98. The van der Waals surface area contributed by atoms with Gasteiger partial charge in [0, 0.05) is 19.3 Å². The number of rotatable bonds is 9. The minimum absolute atomic E-state index is 0.0421. The van der Waals surface area contributed by atoms with Gasteiger partial charge in [-0.15, -0.1) is 0 Å². The summed E-state index contributed by atoms with van der Waals surface area (Å²) in [5.41, 5.74) is 0.802. The number of hydrogen-bond donors (Lipinski definition) is 0. The Kier molecular flexibility index (Phi) is 6.60.